The number of carboxylic acid groups (broad SMARTS) is 1. The molecule has 0 aliphatic heterocycles. The van der Waals surface area contributed by atoms with Crippen LogP contribution in [0.1, 0.15) is 12.1 Å². The summed E-state index contributed by atoms with van der Waals surface area (Å²) in [6.45, 7) is 0. The van der Waals surface area contributed by atoms with Gasteiger partial charge in [-0.3, -0.25) is 19.6 Å². The second-order valence-electron chi connectivity index (χ2n) is 2.48. The Kier molecular flexibility index (Phi) is 3.08. The number of carboxylic acids is 1. The molecule has 0 aliphatic carbocycles. The van der Waals surface area contributed by atoms with Crippen LogP contribution < -0.4 is 0 Å². The van der Waals surface area contributed by atoms with Gasteiger partial charge in [-0.1, -0.05) is 0 Å². The number of carbonyl (C=O) groups excluding carboxylic acids is 1. The first-order valence-corrected chi connectivity index (χ1v) is 3.67. The van der Waals surface area contributed by atoms with E-state index in [1.807, 2.05) is 0 Å². The molecule has 5 heteroatoms. The lowest BCUT2D eigenvalue weighted by atomic mass is 10.2. The van der Waals surface area contributed by atoms with Crippen molar-refractivity contribution in [2.75, 3.05) is 0 Å². The molecule has 1 rings (SSSR count). The quantitative estimate of drug-likeness (QED) is 0.663. The Morgan fingerprint density at radius 1 is 1.38 bits per heavy atom. The van der Waals surface area contributed by atoms with Crippen molar-refractivity contribution >= 4 is 11.8 Å². The van der Waals surface area contributed by atoms with Gasteiger partial charge < -0.3 is 5.11 Å². The molecule has 5 nitrogen and oxygen atoms in total. The van der Waals surface area contributed by atoms with E-state index in [4.69, 9.17) is 5.11 Å². The number of hydrogen-bond donors (Lipinski definition) is 1. The lowest BCUT2D eigenvalue weighted by molar-refractivity contribution is -0.140. The minimum absolute atomic E-state index is 0.0279. The van der Waals surface area contributed by atoms with Crippen molar-refractivity contribution in [3.05, 3.63) is 24.3 Å². The molecular weight excluding hydrogens is 172 g/mol. The van der Waals surface area contributed by atoms with E-state index >= 15 is 0 Å². The summed E-state index contributed by atoms with van der Waals surface area (Å²) in [6.07, 6.45) is 3.96. The molecular formula is C8H8N2O3. The first-order valence-electron chi connectivity index (χ1n) is 3.67. The van der Waals surface area contributed by atoms with Gasteiger partial charge in [-0.05, 0) is 0 Å². The van der Waals surface area contributed by atoms with Crippen molar-refractivity contribution < 1.29 is 14.7 Å². The average molecular weight is 180 g/mol. The zero-order chi connectivity index (χ0) is 9.68. The van der Waals surface area contributed by atoms with E-state index in [2.05, 4.69) is 9.97 Å². The second kappa shape index (κ2) is 4.30. The van der Waals surface area contributed by atoms with Gasteiger partial charge in [0.25, 0.3) is 0 Å². The van der Waals surface area contributed by atoms with Crippen LogP contribution in [0.3, 0.4) is 0 Å². The number of nitrogens with zero attached hydrogens (tertiary/aromatic N) is 2. The molecule has 1 aromatic rings. The summed E-state index contributed by atoms with van der Waals surface area (Å²) in [5.74, 6) is -1.48. The highest BCUT2D eigenvalue weighted by molar-refractivity contribution is 5.95. The van der Waals surface area contributed by atoms with Gasteiger partial charge in [0.05, 0.1) is 12.1 Å². The third-order valence-electron chi connectivity index (χ3n) is 1.34. The number of Topliss-reactive ketones (excluding diaryl/α,β-unsaturated/α-hetero) is 1. The molecule has 1 aromatic heterocycles. The van der Waals surface area contributed by atoms with Crippen molar-refractivity contribution in [1.82, 2.24) is 9.97 Å². The molecule has 0 aliphatic rings. The zero-order valence-electron chi connectivity index (χ0n) is 6.80. The SMILES string of the molecule is O=C(O)CC(=O)Cc1cnccn1. The van der Waals surface area contributed by atoms with Gasteiger partial charge in [0.2, 0.25) is 0 Å². The van der Waals surface area contributed by atoms with Gasteiger partial charge >= 0.3 is 5.97 Å². The van der Waals surface area contributed by atoms with E-state index < -0.39 is 12.4 Å². The maximum atomic E-state index is 11.0. The van der Waals surface area contributed by atoms with Gasteiger partial charge in [-0.25, -0.2) is 0 Å². The topological polar surface area (TPSA) is 80.1 Å². The number of carbonyl (C=O) groups is 2. The van der Waals surface area contributed by atoms with Crippen LogP contribution in [0.15, 0.2) is 18.6 Å². The van der Waals surface area contributed by atoms with Gasteiger partial charge in [0.15, 0.2) is 0 Å². The second-order valence-corrected chi connectivity index (χ2v) is 2.48. The summed E-state index contributed by atoms with van der Waals surface area (Å²) in [4.78, 5) is 28.7. The fourth-order valence-electron chi connectivity index (χ4n) is 0.854. The summed E-state index contributed by atoms with van der Waals surface area (Å²) in [6, 6.07) is 0. The summed E-state index contributed by atoms with van der Waals surface area (Å²) in [7, 11) is 0. The summed E-state index contributed by atoms with van der Waals surface area (Å²) in [5.41, 5.74) is 0.494. The van der Waals surface area contributed by atoms with Crippen LogP contribution in [-0.4, -0.2) is 26.8 Å². The van der Waals surface area contributed by atoms with E-state index in [-0.39, 0.29) is 12.2 Å². The molecule has 0 fully saturated rings. The van der Waals surface area contributed by atoms with Gasteiger partial charge in [-0.15, -0.1) is 0 Å². The Morgan fingerprint density at radius 3 is 2.69 bits per heavy atom. The normalized spacial score (nSPS) is 9.54. The molecule has 1 heterocycles. The van der Waals surface area contributed by atoms with Crippen LogP contribution in [0.2, 0.25) is 0 Å². The largest absolute Gasteiger partial charge is 0.481 e. The molecule has 13 heavy (non-hydrogen) atoms. The first-order chi connectivity index (χ1) is 6.18. The summed E-state index contributed by atoms with van der Waals surface area (Å²) >= 11 is 0. The first kappa shape index (κ1) is 9.31. The molecule has 0 spiro atoms. The van der Waals surface area contributed by atoms with E-state index in [1.54, 1.807) is 0 Å². The molecule has 0 atom stereocenters. The molecule has 0 saturated carbocycles. The number of aromatic nitrogens is 2. The molecule has 0 amide bonds. The van der Waals surface area contributed by atoms with Gasteiger partial charge in [0, 0.05) is 18.6 Å². The summed E-state index contributed by atoms with van der Waals surface area (Å²) in [5, 5.41) is 8.31. The van der Waals surface area contributed by atoms with Crippen molar-refractivity contribution in [2.45, 2.75) is 12.8 Å². The minimum Gasteiger partial charge on any atom is -0.481 e. The van der Waals surface area contributed by atoms with Gasteiger partial charge in [-0.2, -0.15) is 0 Å². The van der Waals surface area contributed by atoms with Crippen LogP contribution in [0.4, 0.5) is 0 Å². The fraction of sp³-hybridized carbons (Fsp3) is 0.250. The maximum Gasteiger partial charge on any atom is 0.310 e. The summed E-state index contributed by atoms with van der Waals surface area (Å²) < 4.78 is 0. The lowest BCUT2D eigenvalue weighted by Gasteiger charge is -1.95. The standard InChI is InChI=1S/C8H8N2O3/c11-7(4-8(12)13)3-6-5-9-1-2-10-6/h1-2,5H,3-4H2,(H,12,13). The molecule has 0 bridgehead atoms. The molecule has 0 saturated heterocycles. The third kappa shape index (κ3) is 3.42. The number of hydrogen-bond acceptors (Lipinski definition) is 4. The van der Waals surface area contributed by atoms with Crippen molar-refractivity contribution in [2.24, 2.45) is 0 Å². The average Bonchev–Trinajstić information content (AvgIpc) is 2.04. The monoisotopic (exact) mass is 180 g/mol. The zero-order valence-corrected chi connectivity index (χ0v) is 6.80. The smallest absolute Gasteiger partial charge is 0.310 e. The van der Waals surface area contributed by atoms with E-state index in [9.17, 15) is 9.59 Å². The van der Waals surface area contributed by atoms with Crippen LogP contribution in [0.25, 0.3) is 0 Å². The third-order valence-corrected chi connectivity index (χ3v) is 1.34. The highest BCUT2D eigenvalue weighted by Gasteiger charge is 2.08. The fourth-order valence-corrected chi connectivity index (χ4v) is 0.854. The Hall–Kier alpha value is -1.78. The van der Waals surface area contributed by atoms with Crippen LogP contribution >= 0.6 is 0 Å². The predicted molar refractivity (Wildman–Crippen MR) is 43.0 cm³/mol. The van der Waals surface area contributed by atoms with Crippen molar-refractivity contribution in [1.29, 1.82) is 0 Å². The van der Waals surface area contributed by atoms with E-state index in [1.165, 1.54) is 18.6 Å². The minimum atomic E-state index is -1.12. The van der Waals surface area contributed by atoms with Crippen molar-refractivity contribution in [3.8, 4) is 0 Å². The van der Waals surface area contributed by atoms with E-state index in [0.717, 1.165) is 0 Å². The molecule has 1 N–H and O–H groups in total. The Morgan fingerprint density at radius 2 is 2.15 bits per heavy atom. The van der Waals surface area contributed by atoms with Crippen LogP contribution in [0, 0.1) is 0 Å². The highest BCUT2D eigenvalue weighted by atomic mass is 16.4. The molecule has 0 aromatic carbocycles. The Labute approximate surface area is 74.4 Å². The number of rotatable bonds is 4. The number of aliphatic carboxylic acids is 1. The van der Waals surface area contributed by atoms with Gasteiger partial charge in [0.1, 0.15) is 12.2 Å². The predicted octanol–water partition coefficient (Wildman–Crippen LogP) is 0.0629. The maximum absolute atomic E-state index is 11.0. The Bertz CT molecular complexity index is 310. The molecule has 68 valence electrons. The Balaban J connectivity index is 2.50. The van der Waals surface area contributed by atoms with Crippen LogP contribution in [-0.2, 0) is 16.0 Å². The van der Waals surface area contributed by atoms with Crippen LogP contribution in [0.5, 0.6) is 0 Å². The van der Waals surface area contributed by atoms with E-state index in [0.29, 0.717) is 5.69 Å². The number of ketones is 1. The van der Waals surface area contributed by atoms with Crippen molar-refractivity contribution in [3.63, 3.8) is 0 Å². The molecule has 0 unspecified atom stereocenters. The molecule has 0 radical (unpaired) electrons. The highest BCUT2D eigenvalue weighted by Crippen LogP contribution is 1.95. The lowest BCUT2D eigenvalue weighted by Crippen LogP contribution is -2.10.